The largest absolute Gasteiger partial charge is 0.370 e. The highest BCUT2D eigenvalue weighted by molar-refractivity contribution is 5.56. The molecule has 1 heterocycles. The monoisotopic (exact) mass is 252 g/mol. The molecule has 0 aliphatic rings. The minimum atomic E-state index is 0.697. The lowest BCUT2D eigenvalue weighted by Crippen LogP contribution is -2.16. The first kappa shape index (κ1) is 14.7. The van der Waals surface area contributed by atoms with Crippen LogP contribution in [0.25, 0.3) is 0 Å². The van der Waals surface area contributed by atoms with Crippen LogP contribution in [0.3, 0.4) is 0 Å². The number of anilines is 2. The third kappa shape index (κ3) is 4.46. The van der Waals surface area contributed by atoms with E-state index in [4.69, 9.17) is 5.84 Å². The van der Waals surface area contributed by atoms with Crippen LogP contribution in [0.4, 0.5) is 11.6 Å². The summed E-state index contributed by atoms with van der Waals surface area (Å²) in [5, 5.41) is 3.35. The number of hydrogen-bond acceptors (Lipinski definition) is 6. The van der Waals surface area contributed by atoms with Crippen LogP contribution in [0.5, 0.6) is 0 Å². The molecule has 0 fully saturated rings. The van der Waals surface area contributed by atoms with Gasteiger partial charge in [0.2, 0.25) is 0 Å². The Morgan fingerprint density at radius 1 is 1.22 bits per heavy atom. The second kappa shape index (κ2) is 7.84. The van der Waals surface area contributed by atoms with Gasteiger partial charge in [-0.05, 0) is 39.9 Å². The lowest BCUT2D eigenvalue weighted by atomic mass is 10.2. The predicted octanol–water partition coefficient (Wildman–Crippen LogP) is 1.08. The standard InChI is InChI=1S/C12H24N6/c1-4-10-11(15-9-16-12(10)17-13)14-7-5-6-8-18(2)3/h9H,4-8,13H2,1-3H3,(H2,14,15,16,17). The molecule has 0 saturated carbocycles. The lowest BCUT2D eigenvalue weighted by molar-refractivity contribution is 0.396. The number of nitrogens with two attached hydrogens (primary N) is 1. The molecule has 1 aromatic rings. The van der Waals surface area contributed by atoms with Crippen molar-refractivity contribution < 1.29 is 0 Å². The Bertz CT molecular complexity index is 352. The molecular formula is C12H24N6. The number of rotatable bonds is 8. The molecular weight excluding hydrogens is 228 g/mol. The van der Waals surface area contributed by atoms with E-state index < -0.39 is 0 Å². The van der Waals surface area contributed by atoms with E-state index >= 15 is 0 Å². The number of nitrogen functional groups attached to an aromatic ring is 1. The first-order valence-electron chi connectivity index (χ1n) is 6.38. The van der Waals surface area contributed by atoms with E-state index in [-0.39, 0.29) is 0 Å². The summed E-state index contributed by atoms with van der Waals surface area (Å²) < 4.78 is 0. The number of unbranched alkanes of at least 4 members (excludes halogenated alkanes) is 1. The topological polar surface area (TPSA) is 79.1 Å². The van der Waals surface area contributed by atoms with Crippen LogP contribution in [-0.4, -0.2) is 42.1 Å². The summed E-state index contributed by atoms with van der Waals surface area (Å²) in [6.45, 7) is 4.10. The van der Waals surface area contributed by atoms with E-state index in [2.05, 4.69) is 46.6 Å². The fourth-order valence-electron chi connectivity index (χ4n) is 1.78. The van der Waals surface area contributed by atoms with Gasteiger partial charge < -0.3 is 15.6 Å². The summed E-state index contributed by atoms with van der Waals surface area (Å²) in [6.07, 6.45) is 4.67. The summed E-state index contributed by atoms with van der Waals surface area (Å²) in [7, 11) is 4.18. The fourth-order valence-corrected chi connectivity index (χ4v) is 1.78. The van der Waals surface area contributed by atoms with Crippen molar-refractivity contribution in [3.8, 4) is 0 Å². The average molecular weight is 252 g/mol. The molecule has 0 amide bonds. The van der Waals surface area contributed by atoms with Gasteiger partial charge in [-0.25, -0.2) is 15.8 Å². The molecule has 0 unspecified atom stereocenters. The SMILES string of the molecule is CCc1c(NN)ncnc1NCCCCN(C)C. The van der Waals surface area contributed by atoms with Gasteiger partial charge in [-0.1, -0.05) is 6.92 Å². The van der Waals surface area contributed by atoms with E-state index in [1.807, 2.05) is 0 Å². The second-order valence-electron chi connectivity index (χ2n) is 4.48. The van der Waals surface area contributed by atoms with Crippen molar-refractivity contribution in [1.29, 1.82) is 0 Å². The normalized spacial score (nSPS) is 10.7. The molecule has 0 atom stereocenters. The second-order valence-corrected chi connectivity index (χ2v) is 4.48. The van der Waals surface area contributed by atoms with E-state index in [0.717, 1.165) is 37.3 Å². The van der Waals surface area contributed by atoms with Crippen LogP contribution in [0.15, 0.2) is 6.33 Å². The summed E-state index contributed by atoms with van der Waals surface area (Å²) in [6, 6.07) is 0. The van der Waals surface area contributed by atoms with E-state index in [1.54, 1.807) is 0 Å². The summed E-state index contributed by atoms with van der Waals surface area (Å²) >= 11 is 0. The average Bonchev–Trinajstić information content (AvgIpc) is 2.37. The molecule has 18 heavy (non-hydrogen) atoms. The van der Waals surface area contributed by atoms with Crippen molar-refractivity contribution in [1.82, 2.24) is 14.9 Å². The Morgan fingerprint density at radius 3 is 2.56 bits per heavy atom. The maximum absolute atomic E-state index is 5.43. The van der Waals surface area contributed by atoms with Gasteiger partial charge in [0.1, 0.15) is 18.0 Å². The van der Waals surface area contributed by atoms with Crippen LogP contribution in [0, 0.1) is 0 Å². The van der Waals surface area contributed by atoms with Gasteiger partial charge in [0, 0.05) is 12.1 Å². The molecule has 0 bridgehead atoms. The molecule has 6 nitrogen and oxygen atoms in total. The molecule has 1 aromatic heterocycles. The van der Waals surface area contributed by atoms with Crippen LogP contribution in [-0.2, 0) is 6.42 Å². The highest BCUT2D eigenvalue weighted by atomic mass is 15.3. The molecule has 0 aromatic carbocycles. The minimum Gasteiger partial charge on any atom is -0.370 e. The maximum atomic E-state index is 5.43. The number of nitrogens with zero attached hydrogens (tertiary/aromatic N) is 3. The quantitative estimate of drug-likeness (QED) is 0.365. The van der Waals surface area contributed by atoms with E-state index in [0.29, 0.717) is 5.82 Å². The van der Waals surface area contributed by atoms with Crippen LogP contribution >= 0.6 is 0 Å². The molecule has 0 radical (unpaired) electrons. The van der Waals surface area contributed by atoms with Gasteiger partial charge in [-0.3, -0.25) is 0 Å². The third-order valence-electron chi connectivity index (χ3n) is 2.76. The minimum absolute atomic E-state index is 0.697. The molecule has 0 aliphatic carbocycles. The Morgan fingerprint density at radius 2 is 1.94 bits per heavy atom. The Labute approximate surface area is 109 Å². The summed E-state index contributed by atoms with van der Waals surface area (Å²) in [4.78, 5) is 10.6. The van der Waals surface area contributed by atoms with Crippen LogP contribution < -0.4 is 16.6 Å². The van der Waals surface area contributed by atoms with Crippen molar-refractivity contribution in [3.05, 3.63) is 11.9 Å². The summed E-state index contributed by atoms with van der Waals surface area (Å²) in [5.74, 6) is 7.01. The van der Waals surface area contributed by atoms with Crippen molar-refractivity contribution in [2.45, 2.75) is 26.2 Å². The molecule has 0 aliphatic heterocycles. The van der Waals surface area contributed by atoms with Crippen molar-refractivity contribution in [2.24, 2.45) is 5.84 Å². The van der Waals surface area contributed by atoms with Crippen molar-refractivity contribution in [3.63, 3.8) is 0 Å². The molecule has 0 spiro atoms. The van der Waals surface area contributed by atoms with Crippen molar-refractivity contribution in [2.75, 3.05) is 37.9 Å². The highest BCUT2D eigenvalue weighted by Crippen LogP contribution is 2.19. The van der Waals surface area contributed by atoms with Crippen LogP contribution in [0.1, 0.15) is 25.3 Å². The zero-order valence-electron chi connectivity index (χ0n) is 11.5. The van der Waals surface area contributed by atoms with E-state index in [1.165, 1.54) is 12.7 Å². The summed E-state index contributed by atoms with van der Waals surface area (Å²) in [5.41, 5.74) is 3.64. The zero-order chi connectivity index (χ0) is 13.4. The zero-order valence-corrected chi connectivity index (χ0v) is 11.5. The number of hydrogen-bond donors (Lipinski definition) is 3. The van der Waals surface area contributed by atoms with Gasteiger partial charge >= 0.3 is 0 Å². The predicted molar refractivity (Wildman–Crippen MR) is 75.5 cm³/mol. The van der Waals surface area contributed by atoms with Gasteiger partial charge in [0.15, 0.2) is 0 Å². The van der Waals surface area contributed by atoms with Gasteiger partial charge in [-0.15, -0.1) is 0 Å². The lowest BCUT2D eigenvalue weighted by Gasteiger charge is -2.13. The highest BCUT2D eigenvalue weighted by Gasteiger charge is 2.07. The first-order valence-corrected chi connectivity index (χ1v) is 6.38. The molecule has 6 heteroatoms. The van der Waals surface area contributed by atoms with Crippen LogP contribution in [0.2, 0.25) is 0 Å². The molecule has 102 valence electrons. The van der Waals surface area contributed by atoms with E-state index in [9.17, 15) is 0 Å². The van der Waals surface area contributed by atoms with Gasteiger partial charge in [0.05, 0.1) is 0 Å². The fraction of sp³-hybridized carbons (Fsp3) is 0.667. The molecule has 0 saturated heterocycles. The molecule has 4 N–H and O–H groups in total. The number of nitrogens with one attached hydrogen (secondary N) is 2. The maximum Gasteiger partial charge on any atom is 0.148 e. The smallest absolute Gasteiger partial charge is 0.148 e. The Balaban J connectivity index is 2.46. The number of aromatic nitrogens is 2. The van der Waals surface area contributed by atoms with Crippen molar-refractivity contribution >= 4 is 11.6 Å². The first-order chi connectivity index (χ1) is 8.69. The number of hydrazine groups is 1. The Hall–Kier alpha value is -1.40. The third-order valence-corrected chi connectivity index (χ3v) is 2.76. The van der Waals surface area contributed by atoms with Gasteiger partial charge in [-0.2, -0.15) is 0 Å². The molecule has 1 rings (SSSR count). The van der Waals surface area contributed by atoms with Gasteiger partial charge in [0.25, 0.3) is 0 Å². The Kier molecular flexibility index (Phi) is 6.38.